The Bertz CT molecular complexity index is 369. The van der Waals surface area contributed by atoms with Gasteiger partial charge in [-0.3, -0.25) is 10.1 Å². The van der Waals surface area contributed by atoms with Gasteiger partial charge in [-0.1, -0.05) is 38.4 Å². The first-order chi connectivity index (χ1) is 6.32. The van der Waals surface area contributed by atoms with Crippen molar-refractivity contribution in [3.63, 3.8) is 0 Å². The molecular formula is C10H12ClNO2. The minimum absolute atomic E-state index is 0.0880. The summed E-state index contributed by atoms with van der Waals surface area (Å²) < 4.78 is 0. The van der Waals surface area contributed by atoms with Crippen LogP contribution in [0, 0.1) is 10.1 Å². The molecule has 0 radical (unpaired) electrons. The minimum atomic E-state index is -0.396. The van der Waals surface area contributed by atoms with Gasteiger partial charge in [-0.25, -0.2) is 0 Å². The summed E-state index contributed by atoms with van der Waals surface area (Å²) in [4.78, 5) is 10.4. The van der Waals surface area contributed by atoms with Crippen LogP contribution in [0.5, 0.6) is 0 Å². The summed E-state index contributed by atoms with van der Waals surface area (Å²) in [5, 5.41) is 11.2. The minimum Gasteiger partial charge on any atom is -0.258 e. The Morgan fingerprint density at radius 2 is 1.93 bits per heavy atom. The van der Waals surface area contributed by atoms with Crippen molar-refractivity contribution in [2.45, 2.75) is 26.2 Å². The van der Waals surface area contributed by atoms with Crippen LogP contribution < -0.4 is 0 Å². The molecule has 0 atom stereocenters. The van der Waals surface area contributed by atoms with Gasteiger partial charge in [0.25, 0.3) is 5.69 Å². The zero-order chi connectivity index (χ0) is 10.9. The quantitative estimate of drug-likeness (QED) is 0.529. The maximum Gasteiger partial charge on any atom is 0.274 e. The zero-order valence-corrected chi connectivity index (χ0v) is 9.13. The third-order valence-electron chi connectivity index (χ3n) is 1.96. The maximum atomic E-state index is 10.8. The highest BCUT2D eigenvalue weighted by atomic mass is 35.5. The molecule has 3 nitrogen and oxygen atoms in total. The SMILES string of the molecule is CC(C)(C)c1ccc(Cl)cc1[N+](=O)[O-]. The van der Waals surface area contributed by atoms with E-state index in [0.29, 0.717) is 10.6 Å². The Morgan fingerprint density at radius 1 is 1.36 bits per heavy atom. The predicted molar refractivity (Wildman–Crippen MR) is 56.8 cm³/mol. The number of nitrogens with zero attached hydrogens (tertiary/aromatic N) is 1. The normalized spacial score (nSPS) is 11.4. The molecule has 0 N–H and O–H groups in total. The van der Waals surface area contributed by atoms with Gasteiger partial charge in [0.15, 0.2) is 0 Å². The molecule has 0 spiro atoms. The van der Waals surface area contributed by atoms with Gasteiger partial charge in [0.2, 0.25) is 0 Å². The van der Waals surface area contributed by atoms with E-state index in [1.165, 1.54) is 6.07 Å². The number of nitro groups is 1. The molecule has 0 aliphatic heterocycles. The van der Waals surface area contributed by atoms with Crippen LogP contribution in [-0.2, 0) is 5.41 Å². The van der Waals surface area contributed by atoms with Gasteiger partial charge in [0.1, 0.15) is 0 Å². The fraction of sp³-hybridized carbons (Fsp3) is 0.400. The van der Waals surface area contributed by atoms with Crippen molar-refractivity contribution in [2.24, 2.45) is 0 Å². The second-order valence-corrected chi connectivity index (χ2v) is 4.61. The molecule has 1 aromatic rings. The molecule has 0 aliphatic rings. The van der Waals surface area contributed by atoms with E-state index in [4.69, 9.17) is 11.6 Å². The number of benzene rings is 1. The standard InChI is InChI=1S/C10H12ClNO2/c1-10(2,3)8-5-4-7(11)6-9(8)12(13)14/h4-6H,1-3H3. The van der Waals surface area contributed by atoms with Crippen molar-refractivity contribution in [3.05, 3.63) is 38.9 Å². The summed E-state index contributed by atoms with van der Waals surface area (Å²) in [5.74, 6) is 0. The van der Waals surface area contributed by atoms with Gasteiger partial charge < -0.3 is 0 Å². The van der Waals surface area contributed by atoms with E-state index in [0.717, 1.165) is 0 Å². The van der Waals surface area contributed by atoms with Crippen LogP contribution in [0.1, 0.15) is 26.3 Å². The Kier molecular flexibility index (Phi) is 2.81. The summed E-state index contributed by atoms with van der Waals surface area (Å²) in [5.41, 5.74) is 0.546. The molecule has 76 valence electrons. The third-order valence-corrected chi connectivity index (χ3v) is 2.20. The molecule has 0 unspecified atom stereocenters. The number of hydrogen-bond donors (Lipinski definition) is 0. The maximum absolute atomic E-state index is 10.8. The van der Waals surface area contributed by atoms with E-state index in [-0.39, 0.29) is 11.1 Å². The van der Waals surface area contributed by atoms with Gasteiger partial charge in [-0.2, -0.15) is 0 Å². The first kappa shape index (κ1) is 11.0. The zero-order valence-electron chi connectivity index (χ0n) is 8.37. The van der Waals surface area contributed by atoms with Gasteiger partial charge in [0.05, 0.1) is 4.92 Å². The van der Waals surface area contributed by atoms with Crippen LogP contribution in [0.15, 0.2) is 18.2 Å². The lowest BCUT2D eigenvalue weighted by atomic mass is 9.86. The summed E-state index contributed by atoms with van der Waals surface area (Å²) in [7, 11) is 0. The lowest BCUT2D eigenvalue weighted by Crippen LogP contribution is -2.13. The van der Waals surface area contributed by atoms with Crippen LogP contribution >= 0.6 is 11.6 Å². The molecule has 0 bridgehead atoms. The average Bonchev–Trinajstić information content (AvgIpc) is 2.01. The number of nitro benzene ring substituents is 1. The van der Waals surface area contributed by atoms with Crippen molar-refractivity contribution in [1.82, 2.24) is 0 Å². The molecule has 0 aliphatic carbocycles. The highest BCUT2D eigenvalue weighted by Gasteiger charge is 2.24. The molecule has 0 saturated heterocycles. The molecule has 0 fully saturated rings. The van der Waals surface area contributed by atoms with Gasteiger partial charge in [-0.05, 0) is 11.5 Å². The van der Waals surface area contributed by atoms with E-state index < -0.39 is 4.92 Å². The molecule has 0 heterocycles. The van der Waals surface area contributed by atoms with Crippen molar-refractivity contribution >= 4 is 17.3 Å². The Morgan fingerprint density at radius 3 is 2.36 bits per heavy atom. The van der Waals surface area contributed by atoms with Gasteiger partial charge in [-0.15, -0.1) is 0 Å². The van der Waals surface area contributed by atoms with E-state index in [2.05, 4.69) is 0 Å². The van der Waals surface area contributed by atoms with Gasteiger partial charge >= 0.3 is 0 Å². The van der Waals surface area contributed by atoms with Crippen molar-refractivity contribution in [1.29, 1.82) is 0 Å². The fourth-order valence-corrected chi connectivity index (χ4v) is 1.46. The average molecular weight is 214 g/mol. The topological polar surface area (TPSA) is 43.1 Å². The van der Waals surface area contributed by atoms with Crippen molar-refractivity contribution in [2.75, 3.05) is 0 Å². The molecule has 1 rings (SSSR count). The Hall–Kier alpha value is -1.09. The highest BCUT2D eigenvalue weighted by molar-refractivity contribution is 6.30. The highest BCUT2D eigenvalue weighted by Crippen LogP contribution is 2.32. The van der Waals surface area contributed by atoms with Crippen LogP contribution in [-0.4, -0.2) is 4.92 Å². The van der Waals surface area contributed by atoms with E-state index >= 15 is 0 Å². The van der Waals surface area contributed by atoms with Crippen LogP contribution in [0.25, 0.3) is 0 Å². The lowest BCUT2D eigenvalue weighted by Gasteiger charge is -2.18. The predicted octanol–water partition coefficient (Wildman–Crippen LogP) is 3.55. The Labute approximate surface area is 87.8 Å². The monoisotopic (exact) mass is 213 g/mol. The van der Waals surface area contributed by atoms with Crippen LogP contribution in [0.4, 0.5) is 5.69 Å². The molecule has 4 heteroatoms. The third kappa shape index (κ3) is 2.23. The number of halogens is 1. The Balaban J connectivity index is 3.37. The van der Waals surface area contributed by atoms with E-state index in [1.807, 2.05) is 20.8 Å². The lowest BCUT2D eigenvalue weighted by molar-refractivity contribution is -0.386. The van der Waals surface area contributed by atoms with Crippen molar-refractivity contribution < 1.29 is 4.92 Å². The van der Waals surface area contributed by atoms with Crippen molar-refractivity contribution in [3.8, 4) is 0 Å². The first-order valence-corrected chi connectivity index (χ1v) is 4.64. The molecule has 0 amide bonds. The first-order valence-electron chi connectivity index (χ1n) is 4.27. The fourth-order valence-electron chi connectivity index (χ4n) is 1.29. The molecular weight excluding hydrogens is 202 g/mol. The van der Waals surface area contributed by atoms with E-state index in [9.17, 15) is 10.1 Å². The molecule has 1 aromatic carbocycles. The number of rotatable bonds is 1. The summed E-state index contributed by atoms with van der Waals surface area (Å²) in [6, 6.07) is 4.78. The summed E-state index contributed by atoms with van der Waals surface area (Å²) in [6.07, 6.45) is 0. The van der Waals surface area contributed by atoms with Gasteiger partial charge in [0, 0.05) is 16.7 Å². The summed E-state index contributed by atoms with van der Waals surface area (Å²) in [6.45, 7) is 5.80. The largest absolute Gasteiger partial charge is 0.274 e. The van der Waals surface area contributed by atoms with Crippen LogP contribution in [0.2, 0.25) is 5.02 Å². The summed E-state index contributed by atoms with van der Waals surface area (Å²) >= 11 is 5.71. The van der Waals surface area contributed by atoms with Crippen LogP contribution in [0.3, 0.4) is 0 Å². The second kappa shape index (κ2) is 3.58. The second-order valence-electron chi connectivity index (χ2n) is 4.17. The molecule has 0 saturated carbocycles. The smallest absolute Gasteiger partial charge is 0.258 e. The van der Waals surface area contributed by atoms with E-state index in [1.54, 1.807) is 12.1 Å². The molecule has 0 aromatic heterocycles. The molecule has 14 heavy (non-hydrogen) atoms. The number of hydrogen-bond acceptors (Lipinski definition) is 2.